The zero-order valence-electron chi connectivity index (χ0n) is 14.2. The molecule has 3 rings (SSSR count). The summed E-state index contributed by atoms with van der Waals surface area (Å²) in [5.74, 6) is -1.00. The Labute approximate surface area is 141 Å². The van der Waals surface area contributed by atoms with E-state index in [9.17, 15) is 9.59 Å². The normalized spacial score (nSPS) is 22.7. The average molecular weight is 326 g/mol. The molecule has 2 aromatic carbocycles. The van der Waals surface area contributed by atoms with Crippen molar-refractivity contribution in [2.75, 3.05) is 14.2 Å². The minimum Gasteiger partial charge on any atom is -0.469 e. The van der Waals surface area contributed by atoms with Crippen LogP contribution < -0.4 is 0 Å². The highest BCUT2D eigenvalue weighted by molar-refractivity contribution is 5.88. The summed E-state index contributed by atoms with van der Waals surface area (Å²) >= 11 is 0. The van der Waals surface area contributed by atoms with Gasteiger partial charge in [-0.3, -0.25) is 9.59 Å². The Hall–Kier alpha value is -2.36. The second-order valence-corrected chi connectivity index (χ2v) is 6.47. The van der Waals surface area contributed by atoms with Crippen LogP contribution in [0.5, 0.6) is 0 Å². The standard InChI is InChI=1S/C20H22O4/c1-12-10-16-14-7-5-4-6-13(14)8-9-15(16)17(11-18(21)23-2)19(12)20(22)24-3/h4-9,12,17,19H,10-11H2,1-3H3/t12-,17-,19+/m0/s1. The third-order valence-electron chi connectivity index (χ3n) is 5.14. The molecule has 0 saturated carbocycles. The van der Waals surface area contributed by atoms with E-state index >= 15 is 0 Å². The highest BCUT2D eigenvalue weighted by Crippen LogP contribution is 2.44. The SMILES string of the molecule is COC(=O)C[C@H]1c2ccc3ccccc3c2C[C@H](C)[C@H]1C(=O)OC. The number of esters is 2. The summed E-state index contributed by atoms with van der Waals surface area (Å²) in [5, 5.41) is 2.37. The van der Waals surface area contributed by atoms with Crippen molar-refractivity contribution in [3.63, 3.8) is 0 Å². The van der Waals surface area contributed by atoms with Crippen LogP contribution in [0.4, 0.5) is 0 Å². The van der Waals surface area contributed by atoms with E-state index in [0.29, 0.717) is 0 Å². The number of benzene rings is 2. The summed E-state index contributed by atoms with van der Waals surface area (Å²) in [5.41, 5.74) is 2.29. The van der Waals surface area contributed by atoms with Crippen molar-refractivity contribution in [3.8, 4) is 0 Å². The summed E-state index contributed by atoms with van der Waals surface area (Å²) < 4.78 is 9.88. The fourth-order valence-corrected chi connectivity index (χ4v) is 4.00. The fourth-order valence-electron chi connectivity index (χ4n) is 4.00. The van der Waals surface area contributed by atoms with Gasteiger partial charge in [-0.25, -0.2) is 0 Å². The second-order valence-electron chi connectivity index (χ2n) is 6.47. The second kappa shape index (κ2) is 6.63. The van der Waals surface area contributed by atoms with E-state index in [-0.39, 0.29) is 36.1 Å². The maximum atomic E-state index is 12.4. The maximum Gasteiger partial charge on any atom is 0.309 e. The number of hydrogen-bond donors (Lipinski definition) is 0. The minimum atomic E-state index is -0.331. The molecule has 1 aliphatic carbocycles. The van der Waals surface area contributed by atoms with E-state index in [4.69, 9.17) is 9.47 Å². The third kappa shape index (κ3) is 2.77. The van der Waals surface area contributed by atoms with Crippen LogP contribution in [-0.2, 0) is 25.5 Å². The molecular weight excluding hydrogens is 304 g/mol. The minimum absolute atomic E-state index is 0.102. The fraction of sp³-hybridized carbons (Fsp3) is 0.400. The predicted molar refractivity (Wildman–Crippen MR) is 91.7 cm³/mol. The molecule has 126 valence electrons. The maximum absolute atomic E-state index is 12.4. The zero-order chi connectivity index (χ0) is 17.3. The molecule has 0 fully saturated rings. The molecule has 0 aliphatic heterocycles. The highest BCUT2D eigenvalue weighted by atomic mass is 16.5. The van der Waals surface area contributed by atoms with Crippen LogP contribution in [0.2, 0.25) is 0 Å². The van der Waals surface area contributed by atoms with Crippen LogP contribution in [0.1, 0.15) is 30.4 Å². The first-order valence-electron chi connectivity index (χ1n) is 8.22. The quantitative estimate of drug-likeness (QED) is 0.811. The van der Waals surface area contributed by atoms with Gasteiger partial charge in [0.25, 0.3) is 0 Å². The lowest BCUT2D eigenvalue weighted by Crippen LogP contribution is -2.36. The summed E-state index contributed by atoms with van der Waals surface area (Å²) in [7, 11) is 2.78. The number of hydrogen-bond acceptors (Lipinski definition) is 4. The Bertz CT molecular complexity index is 780. The summed E-state index contributed by atoms with van der Waals surface area (Å²) in [6, 6.07) is 12.3. The molecule has 0 N–H and O–H groups in total. The third-order valence-corrected chi connectivity index (χ3v) is 5.14. The molecular formula is C20H22O4. The molecule has 0 spiro atoms. The molecule has 0 aromatic heterocycles. The number of carbonyl (C=O) groups excluding carboxylic acids is 2. The Kier molecular flexibility index (Phi) is 4.56. The number of fused-ring (bicyclic) bond motifs is 3. The van der Waals surface area contributed by atoms with Gasteiger partial charge in [-0.1, -0.05) is 43.3 Å². The van der Waals surface area contributed by atoms with Gasteiger partial charge in [-0.15, -0.1) is 0 Å². The van der Waals surface area contributed by atoms with Crippen molar-refractivity contribution in [1.82, 2.24) is 0 Å². The molecule has 0 heterocycles. The van der Waals surface area contributed by atoms with Gasteiger partial charge in [0.05, 0.1) is 26.6 Å². The van der Waals surface area contributed by atoms with Crippen molar-refractivity contribution >= 4 is 22.7 Å². The lowest BCUT2D eigenvalue weighted by atomic mass is 9.67. The molecule has 0 unspecified atom stereocenters. The van der Waals surface area contributed by atoms with Crippen LogP contribution in [0.25, 0.3) is 10.8 Å². The monoisotopic (exact) mass is 326 g/mol. The Balaban J connectivity index is 2.15. The van der Waals surface area contributed by atoms with E-state index in [1.807, 2.05) is 18.2 Å². The molecule has 0 saturated heterocycles. The van der Waals surface area contributed by atoms with Crippen molar-refractivity contribution in [2.24, 2.45) is 11.8 Å². The van der Waals surface area contributed by atoms with E-state index in [2.05, 4.69) is 25.1 Å². The molecule has 4 nitrogen and oxygen atoms in total. The molecule has 4 heteroatoms. The van der Waals surface area contributed by atoms with E-state index < -0.39 is 0 Å². The van der Waals surface area contributed by atoms with Crippen molar-refractivity contribution in [3.05, 3.63) is 47.5 Å². The molecule has 2 aromatic rings. The Morgan fingerprint density at radius 3 is 2.54 bits per heavy atom. The van der Waals surface area contributed by atoms with Gasteiger partial charge >= 0.3 is 11.9 Å². The zero-order valence-corrected chi connectivity index (χ0v) is 14.2. The van der Waals surface area contributed by atoms with Crippen LogP contribution in [0.3, 0.4) is 0 Å². The number of ether oxygens (including phenoxy) is 2. The van der Waals surface area contributed by atoms with Gasteiger partial charge in [0.1, 0.15) is 0 Å². The topological polar surface area (TPSA) is 52.6 Å². The van der Waals surface area contributed by atoms with Crippen LogP contribution in [0, 0.1) is 11.8 Å². The number of methoxy groups -OCH3 is 2. The van der Waals surface area contributed by atoms with E-state index in [1.54, 1.807) is 0 Å². The molecule has 0 bridgehead atoms. The molecule has 0 radical (unpaired) electrons. The molecule has 1 aliphatic rings. The van der Waals surface area contributed by atoms with Crippen molar-refractivity contribution in [2.45, 2.75) is 25.7 Å². The van der Waals surface area contributed by atoms with E-state index in [0.717, 1.165) is 12.0 Å². The summed E-state index contributed by atoms with van der Waals surface area (Å²) in [6.07, 6.45) is 0.986. The molecule has 24 heavy (non-hydrogen) atoms. The highest BCUT2D eigenvalue weighted by Gasteiger charge is 2.41. The van der Waals surface area contributed by atoms with Gasteiger partial charge in [0.2, 0.25) is 0 Å². The average Bonchev–Trinajstić information content (AvgIpc) is 2.60. The Morgan fingerprint density at radius 1 is 1.08 bits per heavy atom. The van der Waals surface area contributed by atoms with Gasteiger partial charge in [0, 0.05) is 5.92 Å². The summed E-state index contributed by atoms with van der Waals surface area (Å²) in [6.45, 7) is 2.05. The number of rotatable bonds is 3. The molecule has 0 amide bonds. The number of carbonyl (C=O) groups is 2. The first-order chi connectivity index (χ1) is 11.6. The van der Waals surface area contributed by atoms with Gasteiger partial charge in [-0.2, -0.15) is 0 Å². The smallest absolute Gasteiger partial charge is 0.309 e. The lowest BCUT2D eigenvalue weighted by molar-refractivity contribution is -0.150. The Morgan fingerprint density at radius 2 is 1.83 bits per heavy atom. The van der Waals surface area contributed by atoms with Gasteiger partial charge in [-0.05, 0) is 34.2 Å². The van der Waals surface area contributed by atoms with Crippen LogP contribution in [-0.4, -0.2) is 26.2 Å². The van der Waals surface area contributed by atoms with Gasteiger partial charge < -0.3 is 9.47 Å². The van der Waals surface area contributed by atoms with Crippen LogP contribution in [0.15, 0.2) is 36.4 Å². The molecule has 3 atom stereocenters. The van der Waals surface area contributed by atoms with E-state index in [1.165, 1.54) is 30.6 Å². The van der Waals surface area contributed by atoms with Crippen LogP contribution >= 0.6 is 0 Å². The van der Waals surface area contributed by atoms with Crippen molar-refractivity contribution < 1.29 is 19.1 Å². The largest absolute Gasteiger partial charge is 0.469 e. The summed E-state index contributed by atoms with van der Waals surface area (Å²) in [4.78, 5) is 24.3. The van der Waals surface area contributed by atoms with Crippen molar-refractivity contribution in [1.29, 1.82) is 0 Å². The first-order valence-corrected chi connectivity index (χ1v) is 8.22. The lowest BCUT2D eigenvalue weighted by Gasteiger charge is -2.36. The van der Waals surface area contributed by atoms with Gasteiger partial charge in [0.15, 0.2) is 0 Å². The first kappa shape index (κ1) is 16.5. The predicted octanol–water partition coefficient (Wildman–Crippen LogP) is 3.47.